The Morgan fingerprint density at radius 3 is 2.86 bits per heavy atom. The van der Waals surface area contributed by atoms with Gasteiger partial charge in [0.05, 0.1) is 0 Å². The quantitative estimate of drug-likeness (QED) is 0.616. The van der Waals surface area contributed by atoms with E-state index in [0.717, 1.165) is 36.5 Å². The second-order valence-electron chi connectivity index (χ2n) is 8.47. The maximum absolute atomic E-state index is 12.4. The van der Waals surface area contributed by atoms with Gasteiger partial charge in [0.15, 0.2) is 0 Å². The van der Waals surface area contributed by atoms with Gasteiger partial charge >= 0.3 is 0 Å². The van der Waals surface area contributed by atoms with E-state index >= 15 is 0 Å². The minimum Gasteiger partial charge on any atom is -0.299 e. The first-order valence-corrected chi connectivity index (χ1v) is 8.92. The Morgan fingerprint density at radius 2 is 2.05 bits per heavy atom. The first-order chi connectivity index (χ1) is 10.0. The van der Waals surface area contributed by atoms with Gasteiger partial charge in [0.1, 0.15) is 5.78 Å². The van der Waals surface area contributed by atoms with Crippen molar-refractivity contribution in [3.8, 4) is 0 Å². The van der Waals surface area contributed by atoms with Gasteiger partial charge in [0.25, 0.3) is 0 Å². The van der Waals surface area contributed by atoms with Crippen LogP contribution in [-0.4, -0.2) is 5.78 Å². The van der Waals surface area contributed by atoms with E-state index in [9.17, 15) is 4.79 Å². The molecule has 0 amide bonds. The Kier molecular flexibility index (Phi) is 3.00. The fraction of sp³-hybridized carbons (Fsp3) is 0.750. The highest BCUT2D eigenvalue weighted by Crippen LogP contribution is 2.62. The largest absolute Gasteiger partial charge is 0.299 e. The normalized spacial score (nSPS) is 49.2. The van der Waals surface area contributed by atoms with Crippen LogP contribution in [0, 0.1) is 35.0 Å². The van der Waals surface area contributed by atoms with Gasteiger partial charge in [0, 0.05) is 11.8 Å². The van der Waals surface area contributed by atoms with Crippen LogP contribution in [0.15, 0.2) is 23.8 Å². The summed E-state index contributed by atoms with van der Waals surface area (Å²) in [4.78, 5) is 12.4. The molecule has 1 unspecified atom stereocenters. The molecule has 4 rings (SSSR count). The minimum atomic E-state index is 0.0227. The lowest BCUT2D eigenvalue weighted by atomic mass is 9.50. The molecule has 0 N–H and O–H groups in total. The third-order valence-electron chi connectivity index (χ3n) is 7.47. The van der Waals surface area contributed by atoms with E-state index in [2.05, 4.69) is 26.5 Å². The summed E-state index contributed by atoms with van der Waals surface area (Å²) >= 11 is 0. The summed E-state index contributed by atoms with van der Waals surface area (Å²) in [6.07, 6.45) is 10.6. The summed E-state index contributed by atoms with van der Waals surface area (Å²) in [6.45, 7) is 8.91. The molecule has 4 aliphatic carbocycles. The van der Waals surface area contributed by atoms with E-state index in [1.165, 1.54) is 37.7 Å². The molecule has 1 nitrogen and oxygen atoms in total. The number of Topliss-reactive ketones (excluding diaryl/α,β-unsaturated/α-hetero) is 1. The predicted molar refractivity (Wildman–Crippen MR) is 85.8 cm³/mol. The third-order valence-corrected chi connectivity index (χ3v) is 7.47. The molecule has 3 fully saturated rings. The van der Waals surface area contributed by atoms with E-state index in [1.807, 2.05) is 0 Å². The Morgan fingerprint density at radius 1 is 1.24 bits per heavy atom. The molecular weight excluding hydrogens is 256 g/mol. The molecule has 0 aromatic carbocycles. The molecule has 0 aromatic rings. The van der Waals surface area contributed by atoms with Gasteiger partial charge in [0.2, 0.25) is 0 Å². The van der Waals surface area contributed by atoms with Gasteiger partial charge < -0.3 is 0 Å². The first kappa shape index (κ1) is 13.8. The molecule has 1 heteroatoms. The molecule has 0 spiro atoms. The Hall–Kier alpha value is -0.850. The maximum Gasteiger partial charge on any atom is 0.139 e. The van der Waals surface area contributed by atoms with Crippen LogP contribution in [0.5, 0.6) is 0 Å². The van der Waals surface area contributed by atoms with Crippen LogP contribution in [0.25, 0.3) is 0 Å². The zero-order chi connectivity index (χ0) is 14.8. The van der Waals surface area contributed by atoms with Crippen LogP contribution in [-0.2, 0) is 4.79 Å². The summed E-state index contributed by atoms with van der Waals surface area (Å²) in [7, 11) is 0. The number of carbonyl (C=O) groups excluding carboxylic acids is 1. The fourth-order valence-corrected chi connectivity index (χ4v) is 6.46. The lowest BCUT2D eigenvalue weighted by Gasteiger charge is -2.54. The van der Waals surface area contributed by atoms with Crippen LogP contribution in [0.2, 0.25) is 0 Å². The van der Waals surface area contributed by atoms with Crippen LogP contribution >= 0.6 is 0 Å². The van der Waals surface area contributed by atoms with E-state index < -0.39 is 0 Å². The monoisotopic (exact) mass is 284 g/mol. The van der Waals surface area contributed by atoms with Gasteiger partial charge in [-0.1, -0.05) is 37.6 Å². The van der Waals surface area contributed by atoms with Gasteiger partial charge in [-0.3, -0.25) is 4.79 Å². The molecule has 0 heterocycles. The minimum absolute atomic E-state index is 0.0227. The topological polar surface area (TPSA) is 17.1 Å². The zero-order valence-electron chi connectivity index (χ0n) is 13.5. The Bertz CT molecular complexity index is 528. The molecule has 6 atom stereocenters. The highest BCUT2D eigenvalue weighted by molar-refractivity contribution is 5.87. The molecule has 3 saturated carbocycles. The third kappa shape index (κ3) is 1.85. The molecule has 0 bridgehead atoms. The van der Waals surface area contributed by atoms with Crippen molar-refractivity contribution in [3.63, 3.8) is 0 Å². The SMILES string of the molecule is C=C1C=C2CC(C)[C@@H]3[C@H](CC[C@]4(C)C(=O)CC[C@@H]34)[C@H]2CC1. The summed E-state index contributed by atoms with van der Waals surface area (Å²) < 4.78 is 0. The maximum atomic E-state index is 12.4. The fourth-order valence-electron chi connectivity index (χ4n) is 6.46. The van der Waals surface area contributed by atoms with Crippen LogP contribution < -0.4 is 0 Å². The number of carbonyl (C=O) groups is 1. The highest BCUT2D eigenvalue weighted by atomic mass is 16.1. The van der Waals surface area contributed by atoms with Gasteiger partial charge in [-0.25, -0.2) is 0 Å². The van der Waals surface area contributed by atoms with Crippen LogP contribution in [0.4, 0.5) is 0 Å². The Balaban J connectivity index is 1.70. The molecular formula is C20H28O. The molecule has 0 aliphatic heterocycles. The average molecular weight is 284 g/mol. The number of hydrogen-bond donors (Lipinski definition) is 0. The van der Waals surface area contributed by atoms with Crippen LogP contribution in [0.1, 0.15) is 58.8 Å². The highest BCUT2D eigenvalue weighted by Gasteiger charge is 2.57. The molecule has 21 heavy (non-hydrogen) atoms. The standard InChI is InChI=1S/C20H28O/c1-12-4-5-15-14(10-12)11-13(2)19-16(15)8-9-20(3)17(19)6-7-18(20)21/h10,13,15-17,19H,1,4-9,11H2,2-3H3/t13?,15-,16+,17-,19+,20-/m0/s1. The number of fused-ring (bicyclic) bond motifs is 5. The zero-order valence-corrected chi connectivity index (χ0v) is 13.5. The lowest BCUT2D eigenvalue weighted by Crippen LogP contribution is -2.49. The van der Waals surface area contributed by atoms with Crippen molar-refractivity contribution in [2.45, 2.75) is 58.8 Å². The summed E-state index contributed by atoms with van der Waals surface area (Å²) in [5.41, 5.74) is 3.05. The lowest BCUT2D eigenvalue weighted by molar-refractivity contribution is -0.132. The molecule has 4 aliphatic rings. The smallest absolute Gasteiger partial charge is 0.139 e. The van der Waals surface area contributed by atoms with Gasteiger partial charge in [-0.15, -0.1) is 0 Å². The number of rotatable bonds is 0. The van der Waals surface area contributed by atoms with E-state index in [0.29, 0.717) is 11.7 Å². The van der Waals surface area contributed by atoms with E-state index in [-0.39, 0.29) is 5.41 Å². The van der Waals surface area contributed by atoms with Crippen molar-refractivity contribution in [2.24, 2.45) is 35.0 Å². The first-order valence-electron chi connectivity index (χ1n) is 8.92. The summed E-state index contributed by atoms with van der Waals surface area (Å²) in [5, 5.41) is 0. The Labute approximate surface area is 128 Å². The van der Waals surface area contributed by atoms with Crippen molar-refractivity contribution in [1.82, 2.24) is 0 Å². The molecule has 114 valence electrons. The second-order valence-corrected chi connectivity index (χ2v) is 8.47. The molecule has 0 radical (unpaired) electrons. The average Bonchev–Trinajstić information content (AvgIpc) is 2.74. The van der Waals surface area contributed by atoms with Crippen molar-refractivity contribution in [3.05, 3.63) is 23.8 Å². The number of ketones is 1. The predicted octanol–water partition coefficient (Wildman–Crippen LogP) is 4.93. The summed E-state index contributed by atoms with van der Waals surface area (Å²) in [6, 6.07) is 0. The molecule has 0 saturated heterocycles. The van der Waals surface area contributed by atoms with E-state index in [1.54, 1.807) is 5.57 Å². The van der Waals surface area contributed by atoms with Gasteiger partial charge in [-0.2, -0.15) is 0 Å². The number of hydrogen-bond acceptors (Lipinski definition) is 1. The number of allylic oxidation sites excluding steroid dienone is 3. The molecule has 0 aromatic heterocycles. The van der Waals surface area contributed by atoms with Gasteiger partial charge in [-0.05, 0) is 68.1 Å². The van der Waals surface area contributed by atoms with Crippen molar-refractivity contribution < 1.29 is 4.79 Å². The van der Waals surface area contributed by atoms with Crippen molar-refractivity contribution in [1.29, 1.82) is 0 Å². The van der Waals surface area contributed by atoms with Crippen molar-refractivity contribution >= 4 is 5.78 Å². The summed E-state index contributed by atoms with van der Waals surface area (Å²) in [5.74, 6) is 4.43. The second kappa shape index (κ2) is 4.57. The van der Waals surface area contributed by atoms with Crippen LogP contribution in [0.3, 0.4) is 0 Å². The van der Waals surface area contributed by atoms with Crippen molar-refractivity contribution in [2.75, 3.05) is 0 Å². The van der Waals surface area contributed by atoms with E-state index in [4.69, 9.17) is 0 Å².